The Morgan fingerprint density at radius 3 is 2.29 bits per heavy atom. The summed E-state index contributed by atoms with van der Waals surface area (Å²) >= 11 is 0. The number of aliphatic imine (C=N–C) groups is 3. The molecule has 3 aromatic rings. The first-order valence-electron chi connectivity index (χ1n) is 10.2. The molecule has 5 heterocycles. The smallest absolute Gasteiger partial charge is 0.116 e. The van der Waals surface area contributed by atoms with Crippen molar-refractivity contribution in [1.82, 2.24) is 15.0 Å². The van der Waals surface area contributed by atoms with Crippen LogP contribution in [0.25, 0.3) is 11.4 Å². The van der Waals surface area contributed by atoms with Crippen molar-refractivity contribution < 1.29 is 0 Å². The van der Waals surface area contributed by atoms with Crippen LogP contribution in [0.4, 0.5) is 0 Å². The Morgan fingerprint density at radius 2 is 1.55 bits per heavy atom. The summed E-state index contributed by atoms with van der Waals surface area (Å²) in [7, 11) is 0. The van der Waals surface area contributed by atoms with Crippen molar-refractivity contribution in [2.24, 2.45) is 20.9 Å². The van der Waals surface area contributed by atoms with Crippen molar-refractivity contribution in [3.8, 4) is 0 Å². The molecular formula is C25H18N6. The molecule has 0 saturated carbocycles. The van der Waals surface area contributed by atoms with Crippen molar-refractivity contribution in [3.05, 3.63) is 101 Å². The standard InChI is InChI=1S/C25H18N6/c1-25-17-9-7-15-29-21(17)20-16(8-6-14-28-20)24(25)30-22(18-10-2-4-12-26-18)23(31-25)19-11-3-5-13-27-19/h2-15,17H,1H3. The van der Waals surface area contributed by atoms with Gasteiger partial charge in [0.05, 0.1) is 34.0 Å². The Morgan fingerprint density at radius 1 is 0.806 bits per heavy atom. The number of rotatable bonds is 2. The van der Waals surface area contributed by atoms with Crippen LogP contribution in [0.1, 0.15) is 18.3 Å². The monoisotopic (exact) mass is 402 g/mol. The van der Waals surface area contributed by atoms with Crippen LogP contribution < -0.4 is 10.6 Å². The van der Waals surface area contributed by atoms with Crippen LogP contribution in [0.3, 0.4) is 0 Å². The van der Waals surface area contributed by atoms with E-state index in [2.05, 4.69) is 32.9 Å². The third-order valence-corrected chi connectivity index (χ3v) is 5.90. The number of hydrogen-bond donors (Lipinski definition) is 0. The largest absolute Gasteiger partial charge is 0.267 e. The number of allylic oxidation sites excluding steroid dienone is 1. The summed E-state index contributed by atoms with van der Waals surface area (Å²) in [6.07, 6.45) is 11.3. The molecular weight excluding hydrogens is 384 g/mol. The first-order valence-corrected chi connectivity index (χ1v) is 10.2. The van der Waals surface area contributed by atoms with Gasteiger partial charge in [-0.3, -0.25) is 24.9 Å². The van der Waals surface area contributed by atoms with Gasteiger partial charge in [-0.1, -0.05) is 18.2 Å². The van der Waals surface area contributed by atoms with Gasteiger partial charge in [-0.2, -0.15) is 0 Å². The first-order chi connectivity index (χ1) is 15.3. The molecule has 2 unspecified atom stereocenters. The molecule has 6 heteroatoms. The molecule has 0 amide bonds. The van der Waals surface area contributed by atoms with E-state index in [0.29, 0.717) is 5.71 Å². The molecule has 0 N–H and O–H groups in total. The summed E-state index contributed by atoms with van der Waals surface area (Å²) in [6.45, 7) is 2.12. The van der Waals surface area contributed by atoms with Gasteiger partial charge in [0.1, 0.15) is 17.0 Å². The number of nitrogens with zero attached hydrogens (tertiary/aromatic N) is 6. The van der Waals surface area contributed by atoms with E-state index in [4.69, 9.17) is 9.98 Å². The summed E-state index contributed by atoms with van der Waals surface area (Å²) in [5, 5.41) is 1.82. The van der Waals surface area contributed by atoms with E-state index in [9.17, 15) is 0 Å². The third kappa shape index (κ3) is 2.65. The van der Waals surface area contributed by atoms with E-state index in [-0.39, 0.29) is 5.92 Å². The molecule has 0 radical (unpaired) electrons. The predicted molar refractivity (Wildman–Crippen MR) is 121 cm³/mol. The Labute approximate surface area is 178 Å². The predicted octanol–water partition coefficient (Wildman–Crippen LogP) is 2.11. The van der Waals surface area contributed by atoms with Gasteiger partial charge in [-0.05, 0) is 49.4 Å². The molecule has 0 fully saturated rings. The average Bonchev–Trinajstić information content (AvgIpc) is 2.85. The fourth-order valence-corrected chi connectivity index (χ4v) is 4.45. The van der Waals surface area contributed by atoms with Crippen molar-refractivity contribution >= 4 is 29.0 Å². The molecule has 6 rings (SSSR count). The average molecular weight is 402 g/mol. The molecule has 2 aliphatic heterocycles. The maximum absolute atomic E-state index is 5.32. The third-order valence-electron chi connectivity index (χ3n) is 5.90. The highest BCUT2D eigenvalue weighted by molar-refractivity contribution is 6.54. The maximum atomic E-state index is 5.32. The van der Waals surface area contributed by atoms with Crippen LogP contribution >= 0.6 is 0 Å². The van der Waals surface area contributed by atoms with Gasteiger partial charge < -0.3 is 0 Å². The minimum Gasteiger partial charge on any atom is -0.267 e. The molecule has 6 nitrogen and oxygen atoms in total. The molecule has 3 aliphatic rings. The Kier molecular flexibility index (Phi) is 3.86. The Bertz CT molecular complexity index is 1430. The zero-order chi connectivity index (χ0) is 20.8. The number of fused-ring (bicyclic) bond motifs is 4. The first kappa shape index (κ1) is 17.8. The number of pyridine rings is 3. The van der Waals surface area contributed by atoms with Crippen LogP contribution in [-0.4, -0.2) is 38.1 Å². The molecule has 3 aromatic heterocycles. The molecule has 2 atom stereocenters. The van der Waals surface area contributed by atoms with E-state index < -0.39 is 5.54 Å². The lowest BCUT2D eigenvalue weighted by Crippen LogP contribution is -2.51. The lowest BCUT2D eigenvalue weighted by atomic mass is 9.75. The number of hydrogen-bond acceptors (Lipinski definition) is 6. The van der Waals surface area contributed by atoms with Gasteiger partial charge in [0, 0.05) is 30.0 Å². The number of dihydropyridines is 1. The van der Waals surface area contributed by atoms with Crippen molar-refractivity contribution in [3.63, 3.8) is 0 Å². The zero-order valence-corrected chi connectivity index (χ0v) is 16.8. The van der Waals surface area contributed by atoms with Gasteiger partial charge in [-0.25, -0.2) is 4.99 Å². The normalized spacial score (nSPS) is 23.5. The van der Waals surface area contributed by atoms with Gasteiger partial charge in [-0.15, -0.1) is 0 Å². The van der Waals surface area contributed by atoms with Crippen molar-refractivity contribution in [1.29, 1.82) is 0 Å². The van der Waals surface area contributed by atoms with Crippen LogP contribution in [0, 0.1) is 5.92 Å². The highest BCUT2D eigenvalue weighted by Gasteiger charge is 2.46. The summed E-state index contributed by atoms with van der Waals surface area (Å²) in [5.41, 5.74) is 4.16. The topological polar surface area (TPSA) is 75.8 Å². The quantitative estimate of drug-likeness (QED) is 0.659. The molecule has 0 saturated heterocycles. The molecule has 1 aliphatic carbocycles. The van der Waals surface area contributed by atoms with Crippen LogP contribution in [0.2, 0.25) is 0 Å². The number of aromatic nitrogens is 3. The second-order valence-electron chi connectivity index (χ2n) is 7.77. The molecule has 148 valence electrons. The van der Waals surface area contributed by atoms with Crippen molar-refractivity contribution in [2.45, 2.75) is 12.5 Å². The van der Waals surface area contributed by atoms with Crippen LogP contribution in [-0.2, 0) is 0 Å². The second kappa shape index (κ2) is 6.74. The van der Waals surface area contributed by atoms with Crippen LogP contribution in [0.5, 0.6) is 0 Å². The van der Waals surface area contributed by atoms with E-state index in [1.807, 2.05) is 60.8 Å². The van der Waals surface area contributed by atoms with Gasteiger partial charge >= 0.3 is 0 Å². The summed E-state index contributed by atoms with van der Waals surface area (Å²) < 4.78 is 0. The second-order valence-corrected chi connectivity index (χ2v) is 7.77. The van der Waals surface area contributed by atoms with E-state index >= 15 is 0 Å². The van der Waals surface area contributed by atoms with E-state index in [1.165, 1.54) is 0 Å². The fraction of sp³-hybridized carbons (Fsp3) is 0.120. The van der Waals surface area contributed by atoms with Crippen molar-refractivity contribution in [2.75, 3.05) is 0 Å². The zero-order valence-electron chi connectivity index (χ0n) is 16.8. The Balaban J connectivity index is 1.73. The highest BCUT2D eigenvalue weighted by atomic mass is 15.0. The van der Waals surface area contributed by atoms with E-state index in [1.54, 1.807) is 18.6 Å². The molecule has 0 bridgehead atoms. The van der Waals surface area contributed by atoms with Gasteiger partial charge in [0.15, 0.2) is 0 Å². The summed E-state index contributed by atoms with van der Waals surface area (Å²) in [6, 6.07) is 15.6. The van der Waals surface area contributed by atoms with E-state index in [0.717, 1.165) is 39.1 Å². The van der Waals surface area contributed by atoms with Gasteiger partial charge in [0.25, 0.3) is 0 Å². The van der Waals surface area contributed by atoms with Crippen LogP contribution in [0.15, 0.2) is 94.3 Å². The summed E-state index contributed by atoms with van der Waals surface area (Å²) in [4.78, 5) is 29.0. The maximum Gasteiger partial charge on any atom is 0.116 e. The molecule has 0 spiro atoms. The lowest BCUT2D eigenvalue weighted by Gasteiger charge is -2.39. The molecule has 0 aromatic carbocycles. The minimum atomic E-state index is -0.634. The highest BCUT2D eigenvalue weighted by Crippen LogP contribution is 2.42. The summed E-state index contributed by atoms with van der Waals surface area (Å²) in [5.74, 6) is -0.0670. The minimum absolute atomic E-state index is 0.0670. The molecule has 31 heavy (non-hydrogen) atoms. The lowest BCUT2D eigenvalue weighted by molar-refractivity contribution is 0.506. The van der Waals surface area contributed by atoms with Gasteiger partial charge in [0.2, 0.25) is 0 Å². The SMILES string of the molecule is CC12N=C(c3ccccn3)C(c3ccccn3)=NC1=c1cccnc1=C1N=CC=CC12. The Hall–Kier alpha value is -4.06. The fourth-order valence-electron chi connectivity index (χ4n) is 4.45.